The Kier molecular flexibility index (Phi) is 3.43. The summed E-state index contributed by atoms with van der Waals surface area (Å²) in [5.74, 6) is 0. The molecule has 0 radical (unpaired) electrons. The largest absolute Gasteiger partial charge is 0.329 e. The van der Waals surface area contributed by atoms with Crippen LogP contribution in [0, 0.1) is 11.3 Å². The van der Waals surface area contributed by atoms with Crippen molar-refractivity contribution in [2.24, 2.45) is 11.5 Å². The molecule has 0 fully saturated rings. The fourth-order valence-electron chi connectivity index (χ4n) is 0.995. The SMILES string of the molecule is N#Cc1cc([C@H](N)CN)ccc1Br. The quantitative estimate of drug-likeness (QED) is 0.817. The molecule has 1 aromatic rings. The zero-order valence-electron chi connectivity index (χ0n) is 7.00. The molecule has 0 amide bonds. The van der Waals surface area contributed by atoms with E-state index in [-0.39, 0.29) is 6.04 Å². The number of benzene rings is 1. The Hall–Kier alpha value is -0.890. The Morgan fingerprint density at radius 1 is 1.54 bits per heavy atom. The van der Waals surface area contributed by atoms with Gasteiger partial charge in [-0.2, -0.15) is 5.26 Å². The molecule has 0 bridgehead atoms. The lowest BCUT2D eigenvalue weighted by Gasteiger charge is -2.09. The summed E-state index contributed by atoms with van der Waals surface area (Å²) in [5, 5.41) is 8.75. The predicted molar refractivity (Wildman–Crippen MR) is 54.8 cm³/mol. The summed E-state index contributed by atoms with van der Waals surface area (Å²) in [7, 11) is 0. The van der Waals surface area contributed by atoms with E-state index in [0.29, 0.717) is 12.1 Å². The van der Waals surface area contributed by atoms with Gasteiger partial charge in [0.15, 0.2) is 0 Å². The highest BCUT2D eigenvalue weighted by Gasteiger charge is 2.06. The molecular weight excluding hydrogens is 230 g/mol. The van der Waals surface area contributed by atoms with Gasteiger partial charge in [0.2, 0.25) is 0 Å². The van der Waals surface area contributed by atoms with Crippen LogP contribution in [0.4, 0.5) is 0 Å². The highest BCUT2D eigenvalue weighted by molar-refractivity contribution is 9.10. The number of halogens is 1. The summed E-state index contributed by atoms with van der Waals surface area (Å²) in [6, 6.07) is 7.30. The fourth-order valence-corrected chi connectivity index (χ4v) is 1.33. The van der Waals surface area contributed by atoms with E-state index in [4.69, 9.17) is 16.7 Å². The number of nitrogens with zero attached hydrogens (tertiary/aromatic N) is 1. The molecular formula is C9H10BrN3. The first-order chi connectivity index (χ1) is 6.19. The zero-order chi connectivity index (χ0) is 9.84. The Balaban J connectivity index is 3.08. The molecule has 1 rings (SSSR count). The van der Waals surface area contributed by atoms with Crippen LogP contribution in [0.3, 0.4) is 0 Å². The van der Waals surface area contributed by atoms with Crippen LogP contribution < -0.4 is 11.5 Å². The molecule has 0 saturated carbocycles. The van der Waals surface area contributed by atoms with Crippen molar-refractivity contribution in [3.63, 3.8) is 0 Å². The number of rotatable bonds is 2. The van der Waals surface area contributed by atoms with Gasteiger partial charge >= 0.3 is 0 Å². The van der Waals surface area contributed by atoms with Crippen LogP contribution >= 0.6 is 15.9 Å². The summed E-state index contributed by atoms with van der Waals surface area (Å²) in [6.45, 7) is 0.381. The van der Waals surface area contributed by atoms with Crippen LogP contribution in [-0.2, 0) is 0 Å². The highest BCUT2D eigenvalue weighted by Crippen LogP contribution is 2.19. The van der Waals surface area contributed by atoms with Gasteiger partial charge in [-0.15, -0.1) is 0 Å². The van der Waals surface area contributed by atoms with Gasteiger partial charge in [0.1, 0.15) is 6.07 Å². The molecule has 4 heteroatoms. The van der Waals surface area contributed by atoms with Crippen LogP contribution in [0.25, 0.3) is 0 Å². The van der Waals surface area contributed by atoms with Crippen molar-refractivity contribution in [2.45, 2.75) is 6.04 Å². The molecule has 0 heterocycles. The lowest BCUT2D eigenvalue weighted by atomic mass is 10.1. The Morgan fingerprint density at radius 3 is 2.77 bits per heavy atom. The van der Waals surface area contributed by atoms with Gasteiger partial charge in [0, 0.05) is 17.1 Å². The van der Waals surface area contributed by atoms with E-state index in [0.717, 1.165) is 10.0 Å². The minimum atomic E-state index is -0.194. The van der Waals surface area contributed by atoms with E-state index in [1.54, 1.807) is 6.07 Å². The van der Waals surface area contributed by atoms with E-state index < -0.39 is 0 Å². The standard InChI is InChI=1S/C9H10BrN3/c10-8-2-1-6(9(13)5-12)3-7(8)4-11/h1-3,9H,5,12-13H2/t9-/m1/s1. The second-order valence-electron chi connectivity index (χ2n) is 2.69. The van der Waals surface area contributed by atoms with E-state index in [2.05, 4.69) is 22.0 Å². The van der Waals surface area contributed by atoms with Crippen molar-refractivity contribution in [3.8, 4) is 6.07 Å². The number of nitriles is 1. The van der Waals surface area contributed by atoms with Crippen molar-refractivity contribution in [1.29, 1.82) is 5.26 Å². The third-order valence-corrected chi connectivity index (χ3v) is 2.48. The van der Waals surface area contributed by atoms with Gasteiger partial charge in [0.05, 0.1) is 5.56 Å². The van der Waals surface area contributed by atoms with Crippen LogP contribution in [0.5, 0.6) is 0 Å². The first-order valence-corrected chi connectivity index (χ1v) is 4.63. The van der Waals surface area contributed by atoms with Crippen molar-refractivity contribution < 1.29 is 0 Å². The lowest BCUT2D eigenvalue weighted by molar-refractivity contribution is 0.736. The minimum Gasteiger partial charge on any atom is -0.329 e. The van der Waals surface area contributed by atoms with E-state index >= 15 is 0 Å². The topological polar surface area (TPSA) is 75.8 Å². The summed E-state index contributed by atoms with van der Waals surface area (Å²) < 4.78 is 0.781. The van der Waals surface area contributed by atoms with E-state index in [1.165, 1.54) is 0 Å². The first-order valence-electron chi connectivity index (χ1n) is 3.84. The maximum Gasteiger partial charge on any atom is 0.100 e. The van der Waals surface area contributed by atoms with Gasteiger partial charge < -0.3 is 11.5 Å². The molecule has 1 atom stereocenters. The van der Waals surface area contributed by atoms with Gasteiger partial charge in [-0.3, -0.25) is 0 Å². The van der Waals surface area contributed by atoms with Crippen LogP contribution in [0.1, 0.15) is 17.2 Å². The summed E-state index contributed by atoms with van der Waals surface area (Å²) in [5.41, 5.74) is 12.6. The Labute approximate surface area is 85.5 Å². The van der Waals surface area contributed by atoms with Crippen molar-refractivity contribution in [2.75, 3.05) is 6.54 Å². The molecule has 0 unspecified atom stereocenters. The average Bonchev–Trinajstić information content (AvgIpc) is 2.17. The van der Waals surface area contributed by atoms with Crippen LogP contribution in [-0.4, -0.2) is 6.54 Å². The third kappa shape index (κ3) is 2.28. The molecule has 0 saturated heterocycles. The summed E-state index contributed by atoms with van der Waals surface area (Å²) >= 11 is 3.27. The molecule has 3 nitrogen and oxygen atoms in total. The second-order valence-corrected chi connectivity index (χ2v) is 3.55. The van der Waals surface area contributed by atoms with Crippen molar-refractivity contribution >= 4 is 15.9 Å². The van der Waals surface area contributed by atoms with Gasteiger partial charge in [-0.05, 0) is 33.6 Å². The average molecular weight is 240 g/mol. The smallest absolute Gasteiger partial charge is 0.100 e. The summed E-state index contributed by atoms with van der Waals surface area (Å²) in [4.78, 5) is 0. The third-order valence-electron chi connectivity index (χ3n) is 1.79. The van der Waals surface area contributed by atoms with Crippen LogP contribution in [0.2, 0.25) is 0 Å². The van der Waals surface area contributed by atoms with E-state index in [9.17, 15) is 0 Å². The summed E-state index contributed by atoms with van der Waals surface area (Å²) in [6.07, 6.45) is 0. The maximum atomic E-state index is 8.75. The fraction of sp³-hybridized carbons (Fsp3) is 0.222. The highest BCUT2D eigenvalue weighted by atomic mass is 79.9. The molecule has 4 N–H and O–H groups in total. The monoisotopic (exact) mass is 239 g/mol. The maximum absolute atomic E-state index is 8.75. The minimum absolute atomic E-state index is 0.194. The number of hydrogen-bond acceptors (Lipinski definition) is 3. The van der Waals surface area contributed by atoms with Gasteiger partial charge in [-0.1, -0.05) is 6.07 Å². The van der Waals surface area contributed by atoms with Crippen molar-refractivity contribution in [1.82, 2.24) is 0 Å². The lowest BCUT2D eigenvalue weighted by Crippen LogP contribution is -2.20. The normalized spacial score (nSPS) is 12.2. The Morgan fingerprint density at radius 2 is 2.23 bits per heavy atom. The van der Waals surface area contributed by atoms with Gasteiger partial charge in [0.25, 0.3) is 0 Å². The van der Waals surface area contributed by atoms with Gasteiger partial charge in [-0.25, -0.2) is 0 Å². The van der Waals surface area contributed by atoms with Crippen molar-refractivity contribution in [3.05, 3.63) is 33.8 Å². The zero-order valence-corrected chi connectivity index (χ0v) is 8.58. The molecule has 0 spiro atoms. The molecule has 0 aliphatic heterocycles. The molecule has 0 aromatic heterocycles. The number of hydrogen-bond donors (Lipinski definition) is 2. The van der Waals surface area contributed by atoms with E-state index in [1.807, 2.05) is 12.1 Å². The second kappa shape index (κ2) is 4.38. The molecule has 0 aliphatic rings. The molecule has 0 aliphatic carbocycles. The van der Waals surface area contributed by atoms with Crippen LogP contribution in [0.15, 0.2) is 22.7 Å². The molecule has 13 heavy (non-hydrogen) atoms. The molecule has 68 valence electrons. The number of nitrogens with two attached hydrogens (primary N) is 2. The molecule has 1 aromatic carbocycles. The predicted octanol–water partition coefficient (Wildman–Crippen LogP) is 1.28. The first kappa shape index (κ1) is 10.2. The Bertz CT molecular complexity index is 343.